The summed E-state index contributed by atoms with van der Waals surface area (Å²) < 4.78 is 0.954. The molecule has 1 aromatic carbocycles. The molecule has 0 aliphatic carbocycles. The number of anilines is 1. The van der Waals surface area contributed by atoms with E-state index in [2.05, 4.69) is 32.1 Å². The van der Waals surface area contributed by atoms with Crippen LogP contribution in [0, 0.1) is 5.92 Å². The summed E-state index contributed by atoms with van der Waals surface area (Å²) in [5.74, 6) is -0.572. The first kappa shape index (κ1) is 12.1. The van der Waals surface area contributed by atoms with Crippen LogP contribution >= 0.6 is 15.9 Å². The lowest BCUT2D eigenvalue weighted by Gasteiger charge is -2.07. The van der Waals surface area contributed by atoms with Gasteiger partial charge >= 0.3 is 0 Å². The Kier molecular flexibility index (Phi) is 3.75. The monoisotopic (exact) mass is 297 g/mol. The van der Waals surface area contributed by atoms with E-state index in [9.17, 15) is 9.59 Å². The Balaban J connectivity index is 1.88. The maximum atomic E-state index is 11.7. The molecule has 17 heavy (non-hydrogen) atoms. The summed E-state index contributed by atoms with van der Waals surface area (Å²) in [4.78, 5) is 22.9. The molecule has 1 aliphatic rings. The average Bonchev–Trinajstić information content (AvgIpc) is 2.68. The van der Waals surface area contributed by atoms with Crippen molar-refractivity contribution in [3.05, 3.63) is 28.7 Å². The van der Waals surface area contributed by atoms with Gasteiger partial charge in [0.15, 0.2) is 0 Å². The lowest BCUT2D eigenvalue weighted by atomic mass is 10.1. The predicted molar refractivity (Wildman–Crippen MR) is 67.0 cm³/mol. The van der Waals surface area contributed by atoms with Gasteiger partial charge in [-0.1, -0.05) is 15.9 Å². The SMILES string of the molecule is O=C(CC1CNNC1=O)Nc1ccc(Br)cc1. The molecule has 1 fully saturated rings. The Morgan fingerprint density at radius 2 is 2.12 bits per heavy atom. The molecule has 1 saturated heterocycles. The minimum atomic E-state index is -0.287. The van der Waals surface area contributed by atoms with Crippen molar-refractivity contribution in [3.63, 3.8) is 0 Å². The zero-order valence-electron chi connectivity index (χ0n) is 9.00. The van der Waals surface area contributed by atoms with Gasteiger partial charge in [-0.05, 0) is 24.3 Å². The summed E-state index contributed by atoms with van der Waals surface area (Å²) >= 11 is 3.32. The van der Waals surface area contributed by atoms with Gasteiger partial charge in [-0.25, -0.2) is 5.43 Å². The largest absolute Gasteiger partial charge is 0.326 e. The first-order valence-corrected chi connectivity index (χ1v) is 6.02. The molecule has 0 spiro atoms. The minimum absolute atomic E-state index is 0.129. The van der Waals surface area contributed by atoms with Gasteiger partial charge in [0, 0.05) is 23.1 Å². The van der Waals surface area contributed by atoms with Gasteiger partial charge in [-0.2, -0.15) is 0 Å². The van der Waals surface area contributed by atoms with E-state index in [1.165, 1.54) is 0 Å². The summed E-state index contributed by atoms with van der Waals surface area (Å²) in [6, 6.07) is 7.29. The minimum Gasteiger partial charge on any atom is -0.326 e. The molecule has 0 bridgehead atoms. The lowest BCUT2D eigenvalue weighted by molar-refractivity contribution is -0.126. The van der Waals surface area contributed by atoms with Crippen LogP contribution in [0.2, 0.25) is 0 Å². The molecular weight excluding hydrogens is 286 g/mol. The second-order valence-electron chi connectivity index (χ2n) is 3.83. The van der Waals surface area contributed by atoms with Gasteiger partial charge in [0.25, 0.3) is 0 Å². The summed E-state index contributed by atoms with van der Waals surface area (Å²) in [7, 11) is 0. The molecule has 1 aromatic rings. The number of hydrogen-bond acceptors (Lipinski definition) is 3. The quantitative estimate of drug-likeness (QED) is 0.780. The number of hydrogen-bond donors (Lipinski definition) is 3. The number of amides is 2. The topological polar surface area (TPSA) is 70.2 Å². The smallest absolute Gasteiger partial charge is 0.239 e. The molecule has 5 nitrogen and oxygen atoms in total. The van der Waals surface area contributed by atoms with Crippen molar-refractivity contribution < 1.29 is 9.59 Å². The van der Waals surface area contributed by atoms with Crippen LogP contribution < -0.4 is 16.2 Å². The van der Waals surface area contributed by atoms with Crippen LogP contribution in [0.1, 0.15) is 6.42 Å². The molecule has 90 valence electrons. The highest BCUT2D eigenvalue weighted by atomic mass is 79.9. The van der Waals surface area contributed by atoms with Crippen molar-refractivity contribution in [2.45, 2.75) is 6.42 Å². The fraction of sp³-hybridized carbons (Fsp3) is 0.273. The molecular formula is C11H12BrN3O2. The Morgan fingerprint density at radius 3 is 2.71 bits per heavy atom. The third-order valence-corrected chi connectivity index (χ3v) is 3.02. The lowest BCUT2D eigenvalue weighted by Crippen LogP contribution is -2.27. The third kappa shape index (κ3) is 3.28. The molecule has 1 heterocycles. The zero-order valence-corrected chi connectivity index (χ0v) is 10.6. The van der Waals surface area contributed by atoms with Gasteiger partial charge < -0.3 is 5.32 Å². The Morgan fingerprint density at radius 1 is 1.41 bits per heavy atom. The van der Waals surface area contributed by atoms with Crippen LogP contribution in [0.3, 0.4) is 0 Å². The van der Waals surface area contributed by atoms with Gasteiger partial charge in [-0.3, -0.25) is 15.0 Å². The summed E-state index contributed by atoms with van der Waals surface area (Å²) in [6.45, 7) is 0.493. The van der Waals surface area contributed by atoms with Crippen LogP contribution in [0.25, 0.3) is 0 Å². The van der Waals surface area contributed by atoms with Gasteiger partial charge in [0.2, 0.25) is 11.8 Å². The van der Waals surface area contributed by atoms with Crippen LogP contribution in [-0.4, -0.2) is 18.4 Å². The number of carbonyl (C=O) groups is 2. The van der Waals surface area contributed by atoms with E-state index in [4.69, 9.17) is 0 Å². The molecule has 0 radical (unpaired) electrons. The Bertz CT molecular complexity index is 433. The molecule has 0 saturated carbocycles. The van der Waals surface area contributed by atoms with E-state index < -0.39 is 0 Å². The number of halogens is 1. The number of rotatable bonds is 3. The van der Waals surface area contributed by atoms with E-state index in [1.807, 2.05) is 12.1 Å². The van der Waals surface area contributed by atoms with Crippen LogP contribution in [0.5, 0.6) is 0 Å². The standard InChI is InChI=1S/C11H12BrN3O2/c12-8-1-3-9(4-2-8)14-10(16)5-7-6-13-15-11(7)17/h1-4,7,13H,5-6H2,(H,14,16)(H,15,17). The average molecular weight is 298 g/mol. The van der Waals surface area contributed by atoms with E-state index >= 15 is 0 Å². The fourth-order valence-corrected chi connectivity index (χ4v) is 1.85. The highest BCUT2D eigenvalue weighted by Gasteiger charge is 2.26. The third-order valence-electron chi connectivity index (χ3n) is 2.49. The Labute approximate surface area is 107 Å². The van der Waals surface area contributed by atoms with Crippen molar-refractivity contribution in [3.8, 4) is 0 Å². The molecule has 3 N–H and O–H groups in total. The van der Waals surface area contributed by atoms with Crippen molar-refractivity contribution in [1.29, 1.82) is 0 Å². The highest BCUT2D eigenvalue weighted by molar-refractivity contribution is 9.10. The van der Waals surface area contributed by atoms with Gasteiger partial charge in [-0.15, -0.1) is 0 Å². The predicted octanol–water partition coefficient (Wildman–Crippen LogP) is 1.03. The van der Waals surface area contributed by atoms with E-state index in [-0.39, 0.29) is 24.2 Å². The molecule has 0 aromatic heterocycles. The van der Waals surface area contributed by atoms with Gasteiger partial charge in [0.05, 0.1) is 5.92 Å². The van der Waals surface area contributed by atoms with Crippen molar-refractivity contribution in [2.24, 2.45) is 5.92 Å². The molecule has 6 heteroatoms. The second-order valence-corrected chi connectivity index (χ2v) is 4.74. The Hall–Kier alpha value is -1.40. The first-order valence-electron chi connectivity index (χ1n) is 5.23. The van der Waals surface area contributed by atoms with Crippen molar-refractivity contribution in [1.82, 2.24) is 10.9 Å². The fourth-order valence-electron chi connectivity index (χ4n) is 1.59. The first-order chi connectivity index (χ1) is 8.15. The number of carbonyl (C=O) groups excluding carboxylic acids is 2. The molecule has 2 amide bonds. The van der Waals surface area contributed by atoms with Gasteiger partial charge in [0.1, 0.15) is 0 Å². The second kappa shape index (κ2) is 5.29. The number of benzene rings is 1. The normalized spacial score (nSPS) is 18.9. The maximum absolute atomic E-state index is 11.7. The summed E-state index contributed by atoms with van der Waals surface area (Å²) in [6.07, 6.45) is 0.189. The molecule has 1 aliphatic heterocycles. The summed E-state index contributed by atoms with van der Waals surface area (Å²) in [5, 5.41) is 2.75. The summed E-state index contributed by atoms with van der Waals surface area (Å²) in [5.41, 5.74) is 5.91. The van der Waals surface area contributed by atoms with Crippen molar-refractivity contribution in [2.75, 3.05) is 11.9 Å². The maximum Gasteiger partial charge on any atom is 0.239 e. The highest BCUT2D eigenvalue weighted by Crippen LogP contribution is 2.15. The van der Waals surface area contributed by atoms with E-state index in [0.717, 1.165) is 10.2 Å². The van der Waals surface area contributed by atoms with Crippen molar-refractivity contribution >= 4 is 33.4 Å². The van der Waals surface area contributed by atoms with Crippen LogP contribution in [-0.2, 0) is 9.59 Å². The zero-order chi connectivity index (χ0) is 12.3. The number of nitrogens with one attached hydrogen (secondary N) is 3. The van der Waals surface area contributed by atoms with Crippen LogP contribution in [0.4, 0.5) is 5.69 Å². The van der Waals surface area contributed by atoms with E-state index in [1.54, 1.807) is 12.1 Å². The molecule has 1 unspecified atom stereocenters. The number of hydrazine groups is 1. The molecule has 1 atom stereocenters. The van der Waals surface area contributed by atoms with E-state index in [0.29, 0.717) is 6.54 Å². The molecule has 2 rings (SSSR count). The van der Waals surface area contributed by atoms with Crippen LogP contribution in [0.15, 0.2) is 28.7 Å².